The van der Waals surface area contributed by atoms with Crippen molar-refractivity contribution in [2.24, 2.45) is 0 Å². The molecule has 1 aromatic rings. The van der Waals surface area contributed by atoms with E-state index in [1.165, 1.54) is 0 Å². The van der Waals surface area contributed by atoms with Crippen LogP contribution < -0.4 is 15.4 Å². The Bertz CT molecular complexity index is 532. The molecule has 0 radical (unpaired) electrons. The molecule has 8 heteroatoms. The molecule has 0 saturated carbocycles. The van der Waals surface area contributed by atoms with E-state index in [0.717, 1.165) is 18.2 Å². The number of nitrogens with one attached hydrogen (secondary N) is 2. The van der Waals surface area contributed by atoms with E-state index in [2.05, 4.69) is 15.4 Å². The van der Waals surface area contributed by atoms with Crippen molar-refractivity contribution in [1.29, 1.82) is 5.26 Å². The molecule has 0 heterocycles. The Hall–Kier alpha value is -2.43. The van der Waals surface area contributed by atoms with Crippen LogP contribution in [0.2, 0.25) is 0 Å². The van der Waals surface area contributed by atoms with Crippen LogP contribution in [-0.4, -0.2) is 18.7 Å². The number of rotatable bonds is 6. The highest BCUT2D eigenvalue weighted by Gasteiger charge is 2.15. The number of halogens is 3. The minimum Gasteiger partial charge on any atom is -0.433 e. The number of nitriles is 1. The van der Waals surface area contributed by atoms with Gasteiger partial charge in [-0.2, -0.15) is 14.0 Å². The molecule has 2 amide bonds. The first-order valence-electron chi connectivity index (χ1n) is 6.15. The summed E-state index contributed by atoms with van der Waals surface area (Å²) in [6.07, 6.45) is 0.623. The molecule has 0 aromatic heterocycles. The van der Waals surface area contributed by atoms with Crippen LogP contribution >= 0.6 is 0 Å². The van der Waals surface area contributed by atoms with Crippen LogP contribution in [0.4, 0.5) is 23.7 Å². The van der Waals surface area contributed by atoms with Gasteiger partial charge < -0.3 is 15.4 Å². The number of amides is 2. The second kappa shape index (κ2) is 7.99. The predicted octanol–water partition coefficient (Wildman–Crippen LogP) is 3.24. The smallest absolute Gasteiger partial charge is 0.387 e. The summed E-state index contributed by atoms with van der Waals surface area (Å²) < 4.78 is 41.8. The second-order valence-electron chi connectivity index (χ2n) is 4.08. The highest BCUT2D eigenvalue weighted by Crippen LogP contribution is 2.26. The first kappa shape index (κ1) is 16.6. The Morgan fingerprint density at radius 1 is 1.48 bits per heavy atom. The third-order valence-corrected chi connectivity index (χ3v) is 2.57. The fourth-order valence-corrected chi connectivity index (χ4v) is 1.55. The van der Waals surface area contributed by atoms with Crippen LogP contribution in [0.1, 0.15) is 19.8 Å². The van der Waals surface area contributed by atoms with Gasteiger partial charge >= 0.3 is 12.6 Å². The summed E-state index contributed by atoms with van der Waals surface area (Å²) in [6.45, 7) is -1.32. The normalized spacial score (nSPS) is 11.6. The molecule has 1 aromatic carbocycles. The standard InChI is InChI=1S/C13H14F3N3O2/c1-2-9(5-6-17)18-13(20)19-10-7-8(14)3-4-11(10)21-12(15)16/h3-4,7,9,12H,2,5H2,1H3,(H2,18,19,20)/t9-/m1/s1. The molecule has 5 nitrogen and oxygen atoms in total. The molecule has 1 rings (SSSR count). The molecule has 0 unspecified atom stereocenters. The molecule has 0 fully saturated rings. The number of alkyl halides is 2. The lowest BCUT2D eigenvalue weighted by molar-refractivity contribution is -0.0494. The van der Waals surface area contributed by atoms with Gasteiger partial charge in [0.25, 0.3) is 0 Å². The fraction of sp³-hybridized carbons (Fsp3) is 0.385. The predicted molar refractivity (Wildman–Crippen MR) is 69.5 cm³/mol. The molecule has 0 bridgehead atoms. The van der Waals surface area contributed by atoms with Gasteiger partial charge in [0.05, 0.1) is 18.2 Å². The van der Waals surface area contributed by atoms with Gasteiger partial charge in [-0.3, -0.25) is 0 Å². The Labute approximate surface area is 119 Å². The number of carbonyl (C=O) groups is 1. The van der Waals surface area contributed by atoms with Crippen LogP contribution in [0.25, 0.3) is 0 Å². The number of hydrogen-bond acceptors (Lipinski definition) is 3. The van der Waals surface area contributed by atoms with Gasteiger partial charge in [-0.15, -0.1) is 0 Å². The SMILES string of the molecule is CC[C@H](CC#N)NC(=O)Nc1cc(F)ccc1OC(F)F. The summed E-state index contributed by atoms with van der Waals surface area (Å²) in [4.78, 5) is 11.7. The van der Waals surface area contributed by atoms with E-state index in [1.807, 2.05) is 6.07 Å². The van der Waals surface area contributed by atoms with Crippen LogP contribution in [-0.2, 0) is 0 Å². The summed E-state index contributed by atoms with van der Waals surface area (Å²) in [6, 6.07) is 3.58. The van der Waals surface area contributed by atoms with E-state index in [-0.39, 0.29) is 23.9 Å². The number of anilines is 1. The zero-order valence-corrected chi connectivity index (χ0v) is 11.2. The van der Waals surface area contributed by atoms with Crippen molar-refractivity contribution in [3.8, 4) is 11.8 Å². The van der Waals surface area contributed by atoms with Crippen molar-refractivity contribution >= 4 is 11.7 Å². The third-order valence-electron chi connectivity index (χ3n) is 2.57. The number of urea groups is 1. The van der Waals surface area contributed by atoms with E-state index in [9.17, 15) is 18.0 Å². The Morgan fingerprint density at radius 3 is 2.76 bits per heavy atom. The van der Waals surface area contributed by atoms with Gasteiger partial charge in [0.15, 0.2) is 0 Å². The maximum atomic E-state index is 13.1. The molecule has 0 aliphatic rings. The quantitative estimate of drug-likeness (QED) is 0.847. The largest absolute Gasteiger partial charge is 0.433 e. The van der Waals surface area contributed by atoms with Crippen LogP contribution in [0.15, 0.2) is 18.2 Å². The zero-order valence-electron chi connectivity index (χ0n) is 11.2. The Balaban J connectivity index is 2.79. The van der Waals surface area contributed by atoms with E-state index in [1.54, 1.807) is 6.92 Å². The maximum Gasteiger partial charge on any atom is 0.387 e. The zero-order chi connectivity index (χ0) is 15.8. The summed E-state index contributed by atoms with van der Waals surface area (Å²) in [7, 11) is 0. The molecular formula is C13H14F3N3O2. The van der Waals surface area contributed by atoms with Crippen LogP contribution in [0, 0.1) is 17.1 Å². The molecule has 0 aliphatic heterocycles. The van der Waals surface area contributed by atoms with Gasteiger partial charge in [-0.25, -0.2) is 9.18 Å². The van der Waals surface area contributed by atoms with E-state index in [4.69, 9.17) is 5.26 Å². The van der Waals surface area contributed by atoms with Crippen molar-refractivity contribution in [3.05, 3.63) is 24.0 Å². The monoisotopic (exact) mass is 301 g/mol. The maximum absolute atomic E-state index is 13.1. The number of benzene rings is 1. The highest BCUT2D eigenvalue weighted by atomic mass is 19.3. The third kappa shape index (κ3) is 5.60. The lowest BCUT2D eigenvalue weighted by Crippen LogP contribution is -2.37. The summed E-state index contributed by atoms with van der Waals surface area (Å²) in [5, 5.41) is 13.3. The molecule has 0 saturated heterocycles. The lowest BCUT2D eigenvalue weighted by atomic mass is 10.2. The van der Waals surface area contributed by atoms with Crippen molar-refractivity contribution < 1.29 is 22.7 Å². The van der Waals surface area contributed by atoms with Crippen molar-refractivity contribution in [2.45, 2.75) is 32.4 Å². The van der Waals surface area contributed by atoms with Crippen molar-refractivity contribution in [3.63, 3.8) is 0 Å². The highest BCUT2D eigenvalue weighted by molar-refractivity contribution is 5.91. The van der Waals surface area contributed by atoms with E-state index < -0.39 is 18.5 Å². The van der Waals surface area contributed by atoms with Crippen LogP contribution in [0.5, 0.6) is 5.75 Å². The first-order chi connectivity index (χ1) is 9.96. The number of carbonyl (C=O) groups excluding carboxylic acids is 1. The number of nitrogens with zero attached hydrogens (tertiary/aromatic N) is 1. The molecule has 0 aliphatic carbocycles. The Kier molecular flexibility index (Phi) is 6.33. The summed E-state index contributed by atoms with van der Waals surface area (Å²) >= 11 is 0. The molecule has 1 atom stereocenters. The average molecular weight is 301 g/mol. The van der Waals surface area contributed by atoms with E-state index in [0.29, 0.717) is 6.42 Å². The Morgan fingerprint density at radius 2 is 2.19 bits per heavy atom. The molecule has 0 spiro atoms. The number of ether oxygens (including phenoxy) is 1. The van der Waals surface area contributed by atoms with Crippen LogP contribution in [0.3, 0.4) is 0 Å². The topological polar surface area (TPSA) is 74.2 Å². The lowest BCUT2D eigenvalue weighted by Gasteiger charge is -2.16. The second-order valence-corrected chi connectivity index (χ2v) is 4.08. The minimum atomic E-state index is -3.10. The van der Waals surface area contributed by atoms with E-state index >= 15 is 0 Å². The molecular weight excluding hydrogens is 287 g/mol. The van der Waals surface area contributed by atoms with Gasteiger partial charge in [0.2, 0.25) is 0 Å². The van der Waals surface area contributed by atoms with Gasteiger partial charge in [-0.05, 0) is 18.6 Å². The van der Waals surface area contributed by atoms with Crippen molar-refractivity contribution in [2.75, 3.05) is 5.32 Å². The molecule has 114 valence electrons. The van der Waals surface area contributed by atoms with Crippen molar-refractivity contribution in [1.82, 2.24) is 5.32 Å². The first-order valence-corrected chi connectivity index (χ1v) is 6.15. The van der Waals surface area contributed by atoms with Gasteiger partial charge in [0, 0.05) is 12.1 Å². The van der Waals surface area contributed by atoms with Gasteiger partial charge in [-0.1, -0.05) is 6.92 Å². The minimum absolute atomic E-state index is 0.105. The summed E-state index contributed by atoms with van der Waals surface area (Å²) in [5.74, 6) is -1.06. The fourth-order valence-electron chi connectivity index (χ4n) is 1.55. The number of hydrogen-bond donors (Lipinski definition) is 2. The molecule has 21 heavy (non-hydrogen) atoms. The van der Waals surface area contributed by atoms with Gasteiger partial charge in [0.1, 0.15) is 11.6 Å². The molecule has 2 N–H and O–H groups in total. The average Bonchev–Trinajstić information content (AvgIpc) is 2.41. The summed E-state index contributed by atoms with van der Waals surface area (Å²) in [5.41, 5.74) is -0.223.